The minimum Gasteiger partial charge on any atom is -0.514 e. The molecule has 5 rings (SSSR count). The van der Waals surface area contributed by atoms with Gasteiger partial charge in [-0.25, -0.2) is 0 Å². The van der Waals surface area contributed by atoms with Gasteiger partial charge >= 0.3 is 6.18 Å². The number of nitrogens with zero attached hydrogens (tertiary/aromatic N) is 7. The SMILES string of the molecule is BC(B)(B)Oc1ccc2c(N3CC[C@H](C(=O)N4CCn5c(nnc5C(F)(F)F)C4)[C@H](C)C3)c(C#N)cnc2c1. The van der Waals surface area contributed by atoms with Gasteiger partial charge in [-0.15, -0.1) is 10.2 Å². The zero-order valence-corrected chi connectivity index (χ0v) is 22.3. The molecule has 0 radical (unpaired) electrons. The first kappa shape index (κ1) is 26.9. The van der Waals surface area contributed by atoms with Gasteiger partial charge in [0.15, 0.2) is 5.82 Å². The third-order valence-corrected chi connectivity index (χ3v) is 7.21. The highest BCUT2D eigenvalue weighted by Gasteiger charge is 2.41. The summed E-state index contributed by atoms with van der Waals surface area (Å²) in [6, 6.07) is 7.91. The Balaban J connectivity index is 1.33. The fraction of sp³-hybridized carbons (Fsp3) is 0.458. The summed E-state index contributed by atoms with van der Waals surface area (Å²) in [6.07, 6.45) is -2.46. The summed E-state index contributed by atoms with van der Waals surface area (Å²) in [5.74, 6) is -0.618. The van der Waals surface area contributed by atoms with Gasteiger partial charge in [0.25, 0.3) is 0 Å². The van der Waals surface area contributed by atoms with Crippen LogP contribution >= 0.6 is 0 Å². The van der Waals surface area contributed by atoms with Crippen LogP contribution in [0.4, 0.5) is 18.9 Å². The predicted octanol–water partition coefficient (Wildman–Crippen LogP) is 0.111. The van der Waals surface area contributed by atoms with Crippen molar-refractivity contribution in [1.82, 2.24) is 24.6 Å². The van der Waals surface area contributed by atoms with Crippen molar-refractivity contribution in [2.45, 2.75) is 37.9 Å². The molecule has 0 N–H and O–H groups in total. The number of carbonyl (C=O) groups excluding carboxylic acids is 1. The van der Waals surface area contributed by atoms with E-state index in [1.807, 2.05) is 48.7 Å². The number of rotatable bonds is 4. The van der Waals surface area contributed by atoms with Crippen LogP contribution in [0, 0.1) is 23.2 Å². The van der Waals surface area contributed by atoms with Crippen molar-refractivity contribution in [3.05, 3.63) is 41.6 Å². The molecule has 0 bridgehead atoms. The van der Waals surface area contributed by atoms with E-state index in [9.17, 15) is 23.2 Å². The summed E-state index contributed by atoms with van der Waals surface area (Å²) < 4.78 is 46.6. The molecule has 39 heavy (non-hydrogen) atoms. The molecule has 1 fully saturated rings. The molecule has 3 aromatic rings. The normalized spacial score (nSPS) is 20.0. The van der Waals surface area contributed by atoms with E-state index in [1.54, 1.807) is 11.1 Å². The first-order chi connectivity index (χ1) is 18.4. The molecule has 4 heterocycles. The number of benzene rings is 1. The highest BCUT2D eigenvalue weighted by molar-refractivity contribution is 6.58. The Morgan fingerprint density at radius 3 is 2.62 bits per heavy atom. The summed E-state index contributed by atoms with van der Waals surface area (Å²) in [5.41, 5.74) is 1.96. The predicted molar refractivity (Wildman–Crippen MR) is 145 cm³/mol. The lowest BCUT2D eigenvalue weighted by molar-refractivity contribution is -0.148. The van der Waals surface area contributed by atoms with Gasteiger partial charge in [-0.05, 0) is 24.5 Å². The topological polar surface area (TPSA) is 100 Å². The molecule has 1 aromatic carbocycles. The number of ether oxygens (including phenoxy) is 1. The number of pyridine rings is 1. The summed E-state index contributed by atoms with van der Waals surface area (Å²) >= 11 is 0. The molecule has 15 heteroatoms. The maximum absolute atomic E-state index is 13.5. The van der Waals surface area contributed by atoms with Gasteiger partial charge < -0.3 is 19.1 Å². The van der Waals surface area contributed by atoms with Crippen LogP contribution in [-0.2, 0) is 24.1 Å². The second kappa shape index (κ2) is 9.81. The number of fused-ring (bicyclic) bond motifs is 2. The molecule has 1 amide bonds. The Morgan fingerprint density at radius 1 is 1.18 bits per heavy atom. The van der Waals surface area contributed by atoms with Gasteiger partial charge in [-0.1, -0.05) is 6.92 Å². The summed E-state index contributed by atoms with van der Waals surface area (Å²) in [5, 5.41) is 17.3. The minimum atomic E-state index is -4.58. The molecular formula is C24H27B3F3N7O2. The van der Waals surface area contributed by atoms with Crippen molar-refractivity contribution in [2.75, 3.05) is 24.5 Å². The molecule has 0 unspecified atom stereocenters. The summed E-state index contributed by atoms with van der Waals surface area (Å²) in [7, 11) is 5.91. The summed E-state index contributed by atoms with van der Waals surface area (Å²) in [6.45, 7) is 3.27. The zero-order chi connectivity index (χ0) is 28.1. The first-order valence-electron chi connectivity index (χ1n) is 12.9. The molecule has 200 valence electrons. The average Bonchev–Trinajstić information content (AvgIpc) is 3.30. The van der Waals surface area contributed by atoms with E-state index in [0.29, 0.717) is 36.3 Å². The lowest BCUT2D eigenvalue weighted by Crippen LogP contribution is -2.49. The maximum atomic E-state index is 13.5. The number of amides is 1. The number of nitriles is 1. The smallest absolute Gasteiger partial charge is 0.451 e. The molecule has 1 saturated heterocycles. The number of anilines is 1. The summed E-state index contributed by atoms with van der Waals surface area (Å²) in [4.78, 5) is 21.7. The largest absolute Gasteiger partial charge is 0.514 e. The average molecular weight is 535 g/mol. The van der Waals surface area contributed by atoms with E-state index in [4.69, 9.17) is 4.74 Å². The van der Waals surface area contributed by atoms with Gasteiger partial charge in [0.2, 0.25) is 11.7 Å². The third kappa shape index (κ3) is 5.29. The molecule has 2 aromatic heterocycles. The molecule has 0 saturated carbocycles. The van der Waals surface area contributed by atoms with Crippen molar-refractivity contribution in [2.24, 2.45) is 11.8 Å². The van der Waals surface area contributed by atoms with E-state index < -0.39 is 12.0 Å². The Labute approximate surface area is 226 Å². The van der Waals surface area contributed by atoms with Gasteiger partial charge in [-0.2, -0.15) is 18.4 Å². The fourth-order valence-corrected chi connectivity index (χ4v) is 5.50. The molecule has 0 spiro atoms. The fourth-order valence-electron chi connectivity index (χ4n) is 5.50. The van der Waals surface area contributed by atoms with Crippen molar-refractivity contribution < 1.29 is 22.7 Å². The first-order valence-corrected chi connectivity index (χ1v) is 12.9. The van der Waals surface area contributed by atoms with Crippen LogP contribution in [0.15, 0.2) is 24.4 Å². The van der Waals surface area contributed by atoms with E-state index >= 15 is 0 Å². The van der Waals surface area contributed by atoms with Crippen LogP contribution < -0.4 is 9.64 Å². The molecular weight excluding hydrogens is 508 g/mol. The zero-order valence-electron chi connectivity index (χ0n) is 22.3. The lowest BCUT2D eigenvalue weighted by Gasteiger charge is -2.40. The molecule has 0 aliphatic carbocycles. The quantitative estimate of drug-likeness (QED) is 0.438. The number of halogens is 3. The minimum absolute atomic E-state index is 0.00138. The van der Waals surface area contributed by atoms with Gasteiger partial charge in [-0.3, -0.25) is 9.78 Å². The van der Waals surface area contributed by atoms with E-state index in [-0.39, 0.29) is 48.5 Å². The Hall–Kier alpha value is -3.69. The van der Waals surface area contributed by atoms with Crippen molar-refractivity contribution in [1.29, 1.82) is 5.26 Å². The second-order valence-electron chi connectivity index (χ2n) is 11.2. The van der Waals surface area contributed by atoms with Crippen LogP contribution in [0.2, 0.25) is 0 Å². The Bertz CT molecular complexity index is 1470. The van der Waals surface area contributed by atoms with Crippen LogP contribution in [-0.4, -0.2) is 79.0 Å². The van der Waals surface area contributed by atoms with Gasteiger partial charge in [0, 0.05) is 55.0 Å². The molecule has 2 atom stereocenters. The standard InChI is InChI=1S/C24H27B3F3N7O2/c1-13-11-35(20-14(9-31)10-32-18-8-15(2-3-17(18)20)39-24(25,26)27)5-4-16(13)21(38)36-6-7-37-19(12-36)33-34-22(37)23(28,29)30/h2-3,8,10,13,16H,4-7,11-12,25-27H2,1H3/t13-,16+/m1/s1. The van der Waals surface area contributed by atoms with Crippen LogP contribution in [0.1, 0.15) is 30.6 Å². The number of piperidine rings is 1. The Kier molecular flexibility index (Phi) is 6.77. The number of hydrogen-bond donors (Lipinski definition) is 0. The molecule has 2 aliphatic heterocycles. The van der Waals surface area contributed by atoms with E-state index in [2.05, 4.69) is 26.2 Å². The Morgan fingerprint density at radius 2 is 1.95 bits per heavy atom. The van der Waals surface area contributed by atoms with Crippen LogP contribution in [0.25, 0.3) is 10.9 Å². The van der Waals surface area contributed by atoms with E-state index in [1.165, 1.54) is 0 Å². The maximum Gasteiger partial charge on any atom is 0.451 e. The monoisotopic (exact) mass is 535 g/mol. The number of hydrogen-bond acceptors (Lipinski definition) is 7. The lowest BCUT2D eigenvalue weighted by atomic mass is 9.52. The molecule has 2 aliphatic rings. The second-order valence-corrected chi connectivity index (χ2v) is 11.2. The van der Waals surface area contributed by atoms with Crippen molar-refractivity contribution >= 4 is 46.0 Å². The molecule has 9 nitrogen and oxygen atoms in total. The van der Waals surface area contributed by atoms with Crippen molar-refractivity contribution in [3.63, 3.8) is 0 Å². The number of carbonyl (C=O) groups is 1. The van der Waals surface area contributed by atoms with Gasteiger partial charge in [0.05, 0.1) is 23.3 Å². The van der Waals surface area contributed by atoms with Gasteiger partial charge in [0.1, 0.15) is 35.4 Å². The van der Waals surface area contributed by atoms with Crippen LogP contribution in [0.3, 0.4) is 0 Å². The number of aromatic nitrogens is 4. The number of alkyl halides is 3. The van der Waals surface area contributed by atoms with Crippen molar-refractivity contribution in [3.8, 4) is 11.8 Å². The van der Waals surface area contributed by atoms with E-state index in [0.717, 1.165) is 15.6 Å². The highest BCUT2D eigenvalue weighted by Crippen LogP contribution is 2.37. The van der Waals surface area contributed by atoms with Crippen LogP contribution in [0.5, 0.6) is 5.75 Å². The highest BCUT2D eigenvalue weighted by atomic mass is 19.4. The third-order valence-electron chi connectivity index (χ3n) is 7.21.